The first-order valence-corrected chi connectivity index (χ1v) is 4.64. The van der Waals surface area contributed by atoms with Gasteiger partial charge in [-0.05, 0) is 31.4 Å². The summed E-state index contributed by atoms with van der Waals surface area (Å²) >= 11 is 0. The zero-order chi connectivity index (χ0) is 10.3. The molecule has 0 radical (unpaired) electrons. The number of hydrazine groups is 1. The van der Waals surface area contributed by atoms with E-state index in [2.05, 4.69) is 19.3 Å². The second-order valence-electron chi connectivity index (χ2n) is 2.69. The van der Waals surface area contributed by atoms with E-state index in [0.717, 1.165) is 24.3 Å². The highest BCUT2D eigenvalue weighted by Gasteiger charge is 2.07. The minimum absolute atomic E-state index is 0.807. The standard InChI is InChI=1S/C10H20N2O/c1-5-8(6-2)10(12-11)9(7-3)13-4/h7,12H,5-6,11H2,1-4H3/b9-7+. The lowest BCUT2D eigenvalue weighted by atomic mass is 10.1. The maximum Gasteiger partial charge on any atom is 0.138 e. The molecule has 0 bridgehead atoms. The minimum atomic E-state index is 0.807. The molecule has 0 rings (SSSR count). The Labute approximate surface area is 80.6 Å². The highest BCUT2D eigenvalue weighted by Crippen LogP contribution is 2.17. The Morgan fingerprint density at radius 1 is 1.38 bits per heavy atom. The molecule has 0 spiro atoms. The molecule has 0 heterocycles. The molecule has 3 heteroatoms. The van der Waals surface area contributed by atoms with Crippen LogP contribution in [0.3, 0.4) is 0 Å². The first-order valence-electron chi connectivity index (χ1n) is 4.64. The summed E-state index contributed by atoms with van der Waals surface area (Å²) in [5, 5.41) is 0. The Kier molecular flexibility index (Phi) is 6.06. The Morgan fingerprint density at radius 2 is 1.92 bits per heavy atom. The number of ether oxygens (including phenoxy) is 1. The number of hydrogen-bond acceptors (Lipinski definition) is 3. The molecular formula is C10H20N2O. The molecule has 0 aromatic rings. The van der Waals surface area contributed by atoms with E-state index in [9.17, 15) is 0 Å². The van der Waals surface area contributed by atoms with Crippen molar-refractivity contribution in [2.24, 2.45) is 5.84 Å². The lowest BCUT2D eigenvalue weighted by molar-refractivity contribution is 0.294. The molecule has 0 unspecified atom stereocenters. The summed E-state index contributed by atoms with van der Waals surface area (Å²) in [5.74, 6) is 6.25. The SMILES string of the molecule is C/C=C(/OC)C(NN)=C(CC)CC. The van der Waals surface area contributed by atoms with Gasteiger partial charge in [0.25, 0.3) is 0 Å². The number of rotatable bonds is 5. The third-order valence-electron chi connectivity index (χ3n) is 2.08. The summed E-state index contributed by atoms with van der Waals surface area (Å²) in [7, 11) is 1.65. The summed E-state index contributed by atoms with van der Waals surface area (Å²) in [4.78, 5) is 0. The molecule has 76 valence electrons. The molecular weight excluding hydrogens is 164 g/mol. The number of methoxy groups -OCH3 is 1. The van der Waals surface area contributed by atoms with Crippen molar-refractivity contribution >= 4 is 0 Å². The fourth-order valence-electron chi connectivity index (χ4n) is 1.32. The third kappa shape index (κ3) is 3.11. The van der Waals surface area contributed by atoms with Crippen LogP contribution in [0, 0.1) is 0 Å². The summed E-state index contributed by atoms with van der Waals surface area (Å²) in [6.07, 6.45) is 3.87. The van der Waals surface area contributed by atoms with Crippen molar-refractivity contribution < 1.29 is 4.74 Å². The second-order valence-corrected chi connectivity index (χ2v) is 2.69. The third-order valence-corrected chi connectivity index (χ3v) is 2.08. The van der Waals surface area contributed by atoms with Crippen molar-refractivity contribution in [1.82, 2.24) is 5.43 Å². The number of hydrogen-bond donors (Lipinski definition) is 2. The van der Waals surface area contributed by atoms with Crippen LogP contribution in [0.4, 0.5) is 0 Å². The van der Waals surface area contributed by atoms with Crippen molar-refractivity contribution in [3.8, 4) is 0 Å². The van der Waals surface area contributed by atoms with E-state index in [4.69, 9.17) is 10.6 Å². The summed E-state index contributed by atoms with van der Waals surface area (Å²) in [5.41, 5.74) is 4.88. The first kappa shape index (κ1) is 12.0. The highest BCUT2D eigenvalue weighted by atomic mass is 16.5. The van der Waals surface area contributed by atoms with Crippen molar-refractivity contribution in [3.63, 3.8) is 0 Å². The van der Waals surface area contributed by atoms with Gasteiger partial charge in [-0.25, -0.2) is 0 Å². The summed E-state index contributed by atoms with van der Waals surface area (Å²) < 4.78 is 5.20. The molecule has 0 aromatic heterocycles. The molecule has 0 aliphatic heterocycles. The molecule has 3 N–H and O–H groups in total. The maximum absolute atomic E-state index is 5.45. The van der Waals surface area contributed by atoms with Gasteiger partial charge in [-0.3, -0.25) is 5.84 Å². The van der Waals surface area contributed by atoms with Crippen molar-refractivity contribution in [3.05, 3.63) is 23.1 Å². The summed E-state index contributed by atoms with van der Waals surface area (Å²) in [6.45, 7) is 6.15. The average Bonchev–Trinajstić information content (AvgIpc) is 2.18. The van der Waals surface area contributed by atoms with Gasteiger partial charge in [-0.2, -0.15) is 0 Å². The van der Waals surface area contributed by atoms with Crippen LogP contribution in [-0.2, 0) is 4.74 Å². The zero-order valence-corrected chi connectivity index (χ0v) is 8.98. The van der Waals surface area contributed by atoms with Crippen LogP contribution in [0.25, 0.3) is 0 Å². The van der Waals surface area contributed by atoms with Crippen LogP contribution in [0.2, 0.25) is 0 Å². The Morgan fingerprint density at radius 3 is 2.15 bits per heavy atom. The van der Waals surface area contributed by atoms with Crippen LogP contribution in [-0.4, -0.2) is 7.11 Å². The van der Waals surface area contributed by atoms with E-state index >= 15 is 0 Å². The Hall–Kier alpha value is -0.960. The van der Waals surface area contributed by atoms with E-state index in [0.29, 0.717) is 0 Å². The van der Waals surface area contributed by atoms with Crippen molar-refractivity contribution in [1.29, 1.82) is 0 Å². The summed E-state index contributed by atoms with van der Waals surface area (Å²) in [6, 6.07) is 0. The van der Waals surface area contributed by atoms with Crippen LogP contribution in [0.1, 0.15) is 33.6 Å². The van der Waals surface area contributed by atoms with E-state index in [1.807, 2.05) is 13.0 Å². The van der Waals surface area contributed by atoms with Crippen LogP contribution in [0.5, 0.6) is 0 Å². The number of nitrogens with two attached hydrogens (primary N) is 1. The van der Waals surface area contributed by atoms with Gasteiger partial charge in [0.2, 0.25) is 0 Å². The van der Waals surface area contributed by atoms with Crippen LogP contribution >= 0.6 is 0 Å². The zero-order valence-electron chi connectivity index (χ0n) is 8.98. The monoisotopic (exact) mass is 184 g/mol. The van der Waals surface area contributed by atoms with Gasteiger partial charge in [-0.1, -0.05) is 13.8 Å². The normalized spacial score (nSPS) is 11.0. The molecule has 0 saturated carbocycles. The van der Waals surface area contributed by atoms with Gasteiger partial charge < -0.3 is 10.2 Å². The molecule has 0 saturated heterocycles. The van der Waals surface area contributed by atoms with Crippen molar-refractivity contribution in [2.75, 3.05) is 7.11 Å². The average molecular weight is 184 g/mol. The second kappa shape index (κ2) is 6.54. The van der Waals surface area contributed by atoms with Gasteiger partial charge in [0, 0.05) is 0 Å². The quantitative estimate of drug-likeness (QED) is 0.297. The van der Waals surface area contributed by atoms with E-state index in [1.165, 1.54) is 5.57 Å². The predicted molar refractivity (Wildman–Crippen MR) is 55.7 cm³/mol. The van der Waals surface area contributed by atoms with Gasteiger partial charge >= 0.3 is 0 Å². The predicted octanol–water partition coefficient (Wildman–Crippen LogP) is 2.07. The minimum Gasteiger partial charge on any atom is -0.495 e. The molecule has 0 aliphatic rings. The van der Waals surface area contributed by atoms with Gasteiger partial charge in [0.05, 0.1) is 12.8 Å². The van der Waals surface area contributed by atoms with Gasteiger partial charge in [0.1, 0.15) is 5.76 Å². The fraction of sp³-hybridized carbons (Fsp3) is 0.600. The van der Waals surface area contributed by atoms with Crippen LogP contribution in [0.15, 0.2) is 23.1 Å². The fourth-order valence-corrected chi connectivity index (χ4v) is 1.32. The van der Waals surface area contributed by atoms with E-state index < -0.39 is 0 Å². The molecule has 3 nitrogen and oxygen atoms in total. The Balaban J connectivity index is 4.93. The Bertz CT molecular complexity index is 201. The molecule has 0 fully saturated rings. The first-order chi connectivity index (χ1) is 6.24. The lowest BCUT2D eigenvalue weighted by Crippen LogP contribution is -2.24. The molecule has 0 amide bonds. The maximum atomic E-state index is 5.45. The van der Waals surface area contributed by atoms with Gasteiger partial charge in [0.15, 0.2) is 0 Å². The van der Waals surface area contributed by atoms with Crippen molar-refractivity contribution in [2.45, 2.75) is 33.6 Å². The highest BCUT2D eigenvalue weighted by molar-refractivity contribution is 5.28. The topological polar surface area (TPSA) is 47.3 Å². The van der Waals surface area contributed by atoms with Gasteiger partial charge in [-0.15, -0.1) is 0 Å². The van der Waals surface area contributed by atoms with E-state index in [-0.39, 0.29) is 0 Å². The molecule has 0 aliphatic carbocycles. The molecule has 0 aromatic carbocycles. The van der Waals surface area contributed by atoms with Crippen LogP contribution < -0.4 is 11.3 Å². The number of allylic oxidation sites excluding steroid dienone is 2. The lowest BCUT2D eigenvalue weighted by Gasteiger charge is -2.14. The smallest absolute Gasteiger partial charge is 0.138 e. The largest absolute Gasteiger partial charge is 0.495 e. The van der Waals surface area contributed by atoms with E-state index in [1.54, 1.807) is 7.11 Å². The molecule has 13 heavy (non-hydrogen) atoms. The molecule has 0 atom stereocenters. The number of nitrogens with one attached hydrogen (secondary N) is 1.